The minimum Gasteiger partial charge on any atom is -0.383 e. The molecule has 0 spiro atoms. The minimum atomic E-state index is 0.453. The van der Waals surface area contributed by atoms with E-state index in [1.165, 1.54) is 37.2 Å². The van der Waals surface area contributed by atoms with Crippen LogP contribution in [0.1, 0.15) is 32.8 Å². The van der Waals surface area contributed by atoms with Crippen molar-refractivity contribution < 1.29 is 0 Å². The van der Waals surface area contributed by atoms with E-state index >= 15 is 0 Å². The van der Waals surface area contributed by atoms with Crippen molar-refractivity contribution in [2.24, 2.45) is 11.3 Å². The van der Waals surface area contributed by atoms with Crippen molar-refractivity contribution >= 4 is 5.69 Å². The summed E-state index contributed by atoms with van der Waals surface area (Å²) in [4.78, 5) is 2.71. The Morgan fingerprint density at radius 2 is 2.00 bits per heavy atom. The molecular formula is C17H26N2. The molecule has 19 heavy (non-hydrogen) atoms. The van der Waals surface area contributed by atoms with Crippen molar-refractivity contribution in [3.8, 4) is 0 Å². The van der Waals surface area contributed by atoms with Crippen molar-refractivity contribution in [2.75, 3.05) is 25.0 Å². The molecule has 1 N–H and O–H groups in total. The Hall–Kier alpha value is -1.02. The van der Waals surface area contributed by atoms with Gasteiger partial charge in [0.1, 0.15) is 0 Å². The maximum absolute atomic E-state index is 3.60. The van der Waals surface area contributed by atoms with E-state index in [0.717, 1.165) is 12.5 Å². The zero-order chi connectivity index (χ0) is 13.5. The second-order valence-corrected chi connectivity index (χ2v) is 7.24. The Balaban J connectivity index is 1.67. The van der Waals surface area contributed by atoms with Crippen molar-refractivity contribution in [3.05, 3.63) is 29.8 Å². The smallest absolute Gasteiger partial charge is 0.0373 e. The monoisotopic (exact) mass is 258 g/mol. The molecule has 2 atom stereocenters. The Kier molecular flexibility index (Phi) is 3.30. The average molecular weight is 258 g/mol. The summed E-state index contributed by atoms with van der Waals surface area (Å²) in [5.41, 5.74) is 3.28. The summed E-state index contributed by atoms with van der Waals surface area (Å²) < 4.78 is 0. The SMILES string of the molecule is CC(C)(C)C1CCN(C2CNc3ccccc3C2)C1. The number of anilines is 1. The first-order valence-electron chi connectivity index (χ1n) is 7.60. The third-order valence-electron chi connectivity index (χ3n) is 4.96. The number of nitrogens with zero attached hydrogens (tertiary/aromatic N) is 1. The normalized spacial score (nSPS) is 27.9. The average Bonchev–Trinajstić information content (AvgIpc) is 2.87. The molecule has 1 aromatic carbocycles. The van der Waals surface area contributed by atoms with Gasteiger partial charge in [-0.3, -0.25) is 4.90 Å². The highest BCUT2D eigenvalue weighted by Crippen LogP contribution is 2.35. The molecule has 2 unspecified atom stereocenters. The summed E-state index contributed by atoms with van der Waals surface area (Å²) in [7, 11) is 0. The Labute approximate surface area is 117 Å². The summed E-state index contributed by atoms with van der Waals surface area (Å²) in [6, 6.07) is 9.43. The van der Waals surface area contributed by atoms with Crippen LogP contribution in [0.3, 0.4) is 0 Å². The van der Waals surface area contributed by atoms with Gasteiger partial charge in [0.2, 0.25) is 0 Å². The van der Waals surface area contributed by atoms with Crippen LogP contribution >= 0.6 is 0 Å². The van der Waals surface area contributed by atoms with Crippen LogP contribution in [0.15, 0.2) is 24.3 Å². The van der Waals surface area contributed by atoms with Gasteiger partial charge in [0.25, 0.3) is 0 Å². The fourth-order valence-electron chi connectivity index (χ4n) is 3.51. The van der Waals surface area contributed by atoms with Gasteiger partial charge < -0.3 is 5.32 Å². The molecule has 1 saturated heterocycles. The van der Waals surface area contributed by atoms with E-state index < -0.39 is 0 Å². The Bertz CT molecular complexity index is 447. The molecule has 1 aromatic rings. The molecule has 0 saturated carbocycles. The third-order valence-corrected chi connectivity index (χ3v) is 4.96. The molecule has 2 aliphatic rings. The highest BCUT2D eigenvalue weighted by Gasteiger charge is 2.35. The fraction of sp³-hybridized carbons (Fsp3) is 0.647. The molecule has 0 amide bonds. The third kappa shape index (κ3) is 2.64. The zero-order valence-electron chi connectivity index (χ0n) is 12.4. The topological polar surface area (TPSA) is 15.3 Å². The molecule has 2 heterocycles. The number of nitrogens with one attached hydrogen (secondary N) is 1. The number of rotatable bonds is 1. The van der Waals surface area contributed by atoms with Gasteiger partial charge in [0, 0.05) is 24.8 Å². The molecule has 0 bridgehead atoms. The Morgan fingerprint density at radius 1 is 1.21 bits per heavy atom. The standard InChI is InChI=1S/C17H26N2/c1-17(2,3)14-8-9-19(12-14)15-10-13-6-4-5-7-16(13)18-11-15/h4-7,14-15,18H,8-12H2,1-3H3. The number of fused-ring (bicyclic) bond motifs is 1. The number of para-hydroxylation sites is 1. The predicted molar refractivity (Wildman–Crippen MR) is 81.6 cm³/mol. The van der Waals surface area contributed by atoms with Gasteiger partial charge in [-0.25, -0.2) is 0 Å². The molecule has 2 heteroatoms. The van der Waals surface area contributed by atoms with Gasteiger partial charge in [-0.1, -0.05) is 39.0 Å². The predicted octanol–water partition coefficient (Wildman–Crippen LogP) is 3.39. The van der Waals surface area contributed by atoms with E-state index in [1.807, 2.05) is 0 Å². The lowest BCUT2D eigenvalue weighted by Crippen LogP contribution is -2.43. The van der Waals surface area contributed by atoms with Crippen LogP contribution in [0.4, 0.5) is 5.69 Å². The van der Waals surface area contributed by atoms with Crippen molar-refractivity contribution in [2.45, 2.75) is 39.7 Å². The first-order chi connectivity index (χ1) is 9.04. The number of benzene rings is 1. The largest absolute Gasteiger partial charge is 0.383 e. The molecule has 0 aromatic heterocycles. The highest BCUT2D eigenvalue weighted by molar-refractivity contribution is 5.53. The van der Waals surface area contributed by atoms with Crippen molar-refractivity contribution in [3.63, 3.8) is 0 Å². The molecule has 104 valence electrons. The van der Waals surface area contributed by atoms with Crippen LogP contribution in [-0.2, 0) is 6.42 Å². The summed E-state index contributed by atoms with van der Waals surface area (Å²) >= 11 is 0. The lowest BCUT2D eigenvalue weighted by atomic mass is 9.80. The molecule has 1 fully saturated rings. The van der Waals surface area contributed by atoms with E-state index in [1.54, 1.807) is 0 Å². The Morgan fingerprint density at radius 3 is 2.74 bits per heavy atom. The molecule has 2 aliphatic heterocycles. The van der Waals surface area contributed by atoms with Gasteiger partial charge in [0.15, 0.2) is 0 Å². The number of likely N-dealkylation sites (tertiary alicyclic amines) is 1. The van der Waals surface area contributed by atoms with Gasteiger partial charge in [0.05, 0.1) is 0 Å². The van der Waals surface area contributed by atoms with Crippen molar-refractivity contribution in [1.82, 2.24) is 4.90 Å². The minimum absolute atomic E-state index is 0.453. The van der Waals surface area contributed by atoms with Gasteiger partial charge >= 0.3 is 0 Å². The summed E-state index contributed by atoms with van der Waals surface area (Å²) in [6.07, 6.45) is 2.57. The first kappa shape index (κ1) is 13.0. The lowest BCUT2D eigenvalue weighted by Gasteiger charge is -2.34. The maximum Gasteiger partial charge on any atom is 0.0373 e. The van der Waals surface area contributed by atoms with E-state index in [2.05, 4.69) is 55.3 Å². The second kappa shape index (κ2) is 4.82. The molecule has 0 aliphatic carbocycles. The number of hydrogen-bond donors (Lipinski definition) is 1. The summed E-state index contributed by atoms with van der Waals surface area (Å²) in [6.45, 7) is 10.8. The first-order valence-corrected chi connectivity index (χ1v) is 7.60. The fourth-order valence-corrected chi connectivity index (χ4v) is 3.51. The molecular weight excluding hydrogens is 232 g/mol. The molecule has 0 radical (unpaired) electrons. The van der Waals surface area contributed by atoms with Crippen LogP contribution in [-0.4, -0.2) is 30.6 Å². The van der Waals surface area contributed by atoms with Crippen LogP contribution in [0.2, 0.25) is 0 Å². The molecule has 3 rings (SSSR count). The zero-order valence-corrected chi connectivity index (χ0v) is 12.4. The second-order valence-electron chi connectivity index (χ2n) is 7.24. The lowest BCUT2D eigenvalue weighted by molar-refractivity contribution is 0.196. The molecule has 2 nitrogen and oxygen atoms in total. The van der Waals surface area contributed by atoms with Gasteiger partial charge in [-0.15, -0.1) is 0 Å². The van der Waals surface area contributed by atoms with Crippen LogP contribution in [0.5, 0.6) is 0 Å². The van der Waals surface area contributed by atoms with Crippen LogP contribution in [0, 0.1) is 11.3 Å². The van der Waals surface area contributed by atoms with Crippen LogP contribution < -0.4 is 5.32 Å². The summed E-state index contributed by atoms with van der Waals surface area (Å²) in [5, 5.41) is 3.60. The van der Waals surface area contributed by atoms with E-state index in [0.29, 0.717) is 11.5 Å². The van der Waals surface area contributed by atoms with Crippen molar-refractivity contribution in [1.29, 1.82) is 0 Å². The van der Waals surface area contributed by atoms with Crippen LogP contribution in [0.25, 0.3) is 0 Å². The van der Waals surface area contributed by atoms with Gasteiger partial charge in [-0.05, 0) is 42.3 Å². The highest BCUT2D eigenvalue weighted by atomic mass is 15.2. The summed E-state index contributed by atoms with van der Waals surface area (Å²) in [5.74, 6) is 0.852. The van der Waals surface area contributed by atoms with E-state index in [-0.39, 0.29) is 0 Å². The maximum atomic E-state index is 3.60. The van der Waals surface area contributed by atoms with Gasteiger partial charge in [-0.2, -0.15) is 0 Å². The quantitative estimate of drug-likeness (QED) is 0.830. The van der Waals surface area contributed by atoms with E-state index in [4.69, 9.17) is 0 Å². The number of hydrogen-bond acceptors (Lipinski definition) is 2. The van der Waals surface area contributed by atoms with E-state index in [9.17, 15) is 0 Å².